The van der Waals surface area contributed by atoms with Gasteiger partial charge < -0.3 is 14.8 Å². The van der Waals surface area contributed by atoms with Crippen LogP contribution < -0.4 is 5.32 Å². The first-order valence-electron chi connectivity index (χ1n) is 7.14. The van der Waals surface area contributed by atoms with Crippen molar-refractivity contribution in [3.8, 4) is 0 Å². The monoisotopic (exact) mass is 263 g/mol. The molecular weight excluding hydrogens is 242 g/mol. The van der Waals surface area contributed by atoms with Crippen LogP contribution in [0.2, 0.25) is 0 Å². The Kier molecular flexibility index (Phi) is 3.50. The fourth-order valence-corrected chi connectivity index (χ4v) is 3.07. The molecule has 1 aromatic heterocycles. The van der Waals surface area contributed by atoms with Gasteiger partial charge in [-0.3, -0.25) is 4.79 Å². The Morgan fingerprint density at radius 2 is 2.21 bits per heavy atom. The van der Waals surface area contributed by atoms with Gasteiger partial charge in [0.15, 0.2) is 0 Å². The van der Waals surface area contributed by atoms with E-state index in [1.807, 2.05) is 4.90 Å². The third-order valence-corrected chi connectivity index (χ3v) is 4.13. The van der Waals surface area contributed by atoms with E-state index in [0.717, 1.165) is 63.6 Å². The second kappa shape index (κ2) is 5.28. The molecule has 0 spiro atoms. The van der Waals surface area contributed by atoms with E-state index < -0.39 is 0 Å². The molecule has 1 fully saturated rings. The molecular formula is C13H21N5O. The highest BCUT2D eigenvalue weighted by molar-refractivity contribution is 5.73. The normalized spacial score (nSPS) is 23.8. The van der Waals surface area contributed by atoms with Gasteiger partial charge in [-0.05, 0) is 12.8 Å². The number of fused-ring (bicyclic) bond motifs is 1. The molecule has 1 amide bonds. The predicted octanol–water partition coefficient (Wildman–Crippen LogP) is 0.150. The SMILES string of the molecule is CC(=O)N1CCCC(c2nnc3n2CCNCC3)C1. The Morgan fingerprint density at radius 1 is 1.32 bits per heavy atom. The van der Waals surface area contributed by atoms with Crippen molar-refractivity contribution >= 4 is 5.91 Å². The van der Waals surface area contributed by atoms with E-state index in [9.17, 15) is 4.79 Å². The molecule has 3 heterocycles. The molecule has 0 aromatic carbocycles. The third-order valence-electron chi connectivity index (χ3n) is 4.13. The lowest BCUT2D eigenvalue weighted by atomic mass is 9.97. The van der Waals surface area contributed by atoms with Gasteiger partial charge in [0.05, 0.1) is 0 Å². The van der Waals surface area contributed by atoms with Gasteiger partial charge in [0, 0.05) is 52.0 Å². The molecule has 2 aliphatic rings. The highest BCUT2D eigenvalue weighted by Gasteiger charge is 2.28. The van der Waals surface area contributed by atoms with Gasteiger partial charge in [0.1, 0.15) is 11.6 Å². The summed E-state index contributed by atoms with van der Waals surface area (Å²) in [5, 5.41) is 12.1. The molecule has 104 valence electrons. The van der Waals surface area contributed by atoms with Crippen LogP contribution in [-0.4, -0.2) is 51.8 Å². The summed E-state index contributed by atoms with van der Waals surface area (Å²) in [6.07, 6.45) is 3.11. The average molecular weight is 263 g/mol. The van der Waals surface area contributed by atoms with Crippen molar-refractivity contribution in [2.75, 3.05) is 26.2 Å². The molecule has 6 nitrogen and oxygen atoms in total. The molecule has 0 radical (unpaired) electrons. The lowest BCUT2D eigenvalue weighted by molar-refractivity contribution is -0.130. The zero-order chi connectivity index (χ0) is 13.2. The Bertz CT molecular complexity index is 470. The smallest absolute Gasteiger partial charge is 0.219 e. The Labute approximate surface area is 113 Å². The molecule has 1 atom stereocenters. The van der Waals surface area contributed by atoms with Crippen LogP contribution in [0.25, 0.3) is 0 Å². The van der Waals surface area contributed by atoms with Crippen molar-refractivity contribution in [2.45, 2.75) is 38.6 Å². The minimum Gasteiger partial charge on any atom is -0.342 e. The highest BCUT2D eigenvalue weighted by atomic mass is 16.2. The minimum absolute atomic E-state index is 0.168. The topological polar surface area (TPSA) is 63.1 Å². The first-order chi connectivity index (χ1) is 9.25. The van der Waals surface area contributed by atoms with E-state index in [2.05, 4.69) is 20.1 Å². The standard InChI is InChI=1S/C13H21N5O/c1-10(19)17-7-2-3-11(9-17)13-16-15-12-4-5-14-6-8-18(12)13/h11,14H,2-9H2,1H3. The first-order valence-corrected chi connectivity index (χ1v) is 7.14. The molecule has 0 bridgehead atoms. The van der Waals surface area contributed by atoms with E-state index in [1.54, 1.807) is 6.92 Å². The maximum Gasteiger partial charge on any atom is 0.219 e. The molecule has 1 N–H and O–H groups in total. The molecule has 0 saturated carbocycles. The summed E-state index contributed by atoms with van der Waals surface area (Å²) >= 11 is 0. The number of likely N-dealkylation sites (tertiary alicyclic amines) is 1. The zero-order valence-electron chi connectivity index (χ0n) is 11.4. The molecule has 19 heavy (non-hydrogen) atoms. The fraction of sp³-hybridized carbons (Fsp3) is 0.769. The van der Waals surface area contributed by atoms with Crippen LogP contribution in [-0.2, 0) is 17.8 Å². The molecule has 2 aliphatic heterocycles. The lowest BCUT2D eigenvalue weighted by Gasteiger charge is -2.31. The van der Waals surface area contributed by atoms with Gasteiger partial charge in [-0.1, -0.05) is 0 Å². The Morgan fingerprint density at radius 3 is 3.05 bits per heavy atom. The summed E-state index contributed by atoms with van der Waals surface area (Å²) < 4.78 is 2.26. The van der Waals surface area contributed by atoms with E-state index in [4.69, 9.17) is 0 Å². The predicted molar refractivity (Wildman–Crippen MR) is 70.8 cm³/mol. The summed E-state index contributed by atoms with van der Waals surface area (Å²) in [6, 6.07) is 0. The number of carbonyl (C=O) groups is 1. The van der Waals surface area contributed by atoms with Gasteiger partial charge in [-0.25, -0.2) is 0 Å². The van der Waals surface area contributed by atoms with Crippen LogP contribution in [0.4, 0.5) is 0 Å². The summed E-state index contributed by atoms with van der Waals surface area (Å²) in [6.45, 7) is 6.21. The molecule has 0 aliphatic carbocycles. The van der Waals surface area contributed by atoms with Gasteiger partial charge in [0.25, 0.3) is 0 Å². The number of nitrogens with zero attached hydrogens (tertiary/aromatic N) is 4. The van der Waals surface area contributed by atoms with Crippen molar-refractivity contribution in [3.05, 3.63) is 11.6 Å². The van der Waals surface area contributed by atoms with Crippen molar-refractivity contribution in [1.29, 1.82) is 0 Å². The summed E-state index contributed by atoms with van der Waals surface area (Å²) in [4.78, 5) is 13.5. The number of amides is 1. The quantitative estimate of drug-likeness (QED) is 0.783. The second-order valence-electron chi connectivity index (χ2n) is 5.43. The van der Waals surface area contributed by atoms with E-state index >= 15 is 0 Å². The number of hydrogen-bond acceptors (Lipinski definition) is 4. The van der Waals surface area contributed by atoms with Gasteiger partial charge in [-0.15, -0.1) is 10.2 Å². The van der Waals surface area contributed by atoms with Crippen molar-refractivity contribution in [3.63, 3.8) is 0 Å². The molecule has 1 aromatic rings. The van der Waals surface area contributed by atoms with Crippen LogP contribution in [0.1, 0.15) is 37.3 Å². The Hall–Kier alpha value is -1.43. The summed E-state index contributed by atoms with van der Waals surface area (Å²) in [5.41, 5.74) is 0. The van der Waals surface area contributed by atoms with Crippen LogP contribution in [0.5, 0.6) is 0 Å². The number of piperidine rings is 1. The van der Waals surface area contributed by atoms with Crippen LogP contribution in [0.15, 0.2) is 0 Å². The minimum atomic E-state index is 0.168. The Balaban J connectivity index is 1.82. The summed E-state index contributed by atoms with van der Waals surface area (Å²) in [5.74, 6) is 2.67. The number of hydrogen-bond donors (Lipinski definition) is 1. The fourth-order valence-electron chi connectivity index (χ4n) is 3.07. The van der Waals surface area contributed by atoms with Crippen LogP contribution >= 0.6 is 0 Å². The maximum absolute atomic E-state index is 11.5. The molecule has 1 saturated heterocycles. The maximum atomic E-state index is 11.5. The van der Waals surface area contributed by atoms with Crippen molar-refractivity contribution in [2.24, 2.45) is 0 Å². The van der Waals surface area contributed by atoms with E-state index in [-0.39, 0.29) is 5.91 Å². The van der Waals surface area contributed by atoms with E-state index in [0.29, 0.717) is 5.92 Å². The number of nitrogens with one attached hydrogen (secondary N) is 1. The highest BCUT2D eigenvalue weighted by Crippen LogP contribution is 2.26. The molecule has 6 heteroatoms. The first kappa shape index (κ1) is 12.6. The number of aromatic nitrogens is 3. The number of carbonyl (C=O) groups excluding carboxylic acids is 1. The van der Waals surface area contributed by atoms with Crippen LogP contribution in [0, 0.1) is 0 Å². The lowest BCUT2D eigenvalue weighted by Crippen LogP contribution is -2.38. The largest absolute Gasteiger partial charge is 0.342 e. The zero-order valence-corrected chi connectivity index (χ0v) is 11.4. The van der Waals surface area contributed by atoms with E-state index in [1.165, 1.54) is 0 Å². The number of rotatable bonds is 1. The van der Waals surface area contributed by atoms with Crippen molar-refractivity contribution < 1.29 is 4.79 Å². The van der Waals surface area contributed by atoms with Gasteiger partial charge in [-0.2, -0.15) is 0 Å². The van der Waals surface area contributed by atoms with Gasteiger partial charge in [0.2, 0.25) is 5.91 Å². The van der Waals surface area contributed by atoms with Gasteiger partial charge >= 0.3 is 0 Å². The average Bonchev–Trinajstić information content (AvgIpc) is 2.68. The van der Waals surface area contributed by atoms with Crippen LogP contribution in [0.3, 0.4) is 0 Å². The molecule has 3 rings (SSSR count). The third kappa shape index (κ3) is 2.49. The summed E-state index contributed by atoms with van der Waals surface area (Å²) in [7, 11) is 0. The molecule has 1 unspecified atom stereocenters. The second-order valence-corrected chi connectivity index (χ2v) is 5.43. The van der Waals surface area contributed by atoms with Crippen molar-refractivity contribution in [1.82, 2.24) is 25.0 Å².